The van der Waals surface area contributed by atoms with Crippen LogP contribution in [0.15, 0.2) is 0 Å². The molecule has 13 heteroatoms. The molecule has 0 aromatic heterocycles. The van der Waals surface area contributed by atoms with Gasteiger partial charge in [-0.05, 0) is 0 Å². The van der Waals surface area contributed by atoms with Crippen LogP contribution < -0.4 is 0 Å². The third-order valence-electron chi connectivity index (χ3n) is 2.67. The van der Waals surface area contributed by atoms with E-state index in [0.717, 1.165) is 0 Å². The van der Waals surface area contributed by atoms with Gasteiger partial charge in [0.1, 0.15) is 0 Å². The van der Waals surface area contributed by atoms with Gasteiger partial charge < -0.3 is 10.0 Å². The molecule has 0 spiro atoms. The first-order valence-corrected chi connectivity index (χ1v) is 5.66. The van der Waals surface area contributed by atoms with Gasteiger partial charge in [-0.25, -0.2) is 43.9 Å². The number of halogens is 10. The maximum atomic E-state index is 13.4. The van der Waals surface area contributed by atoms with Gasteiger partial charge >= 0.3 is 7.69 Å². The molecule has 0 unspecified atom stereocenters. The van der Waals surface area contributed by atoms with Crippen molar-refractivity contribution in [3.63, 3.8) is 0 Å². The highest BCUT2D eigenvalue weighted by Gasteiger charge is 2.34. The van der Waals surface area contributed by atoms with Crippen molar-refractivity contribution >= 4 is 7.69 Å². The molecule has 0 heterocycles. The molecule has 0 saturated carbocycles. The summed E-state index contributed by atoms with van der Waals surface area (Å²) >= 11 is 0. The van der Waals surface area contributed by atoms with Crippen LogP contribution in [0.3, 0.4) is 0 Å². The van der Waals surface area contributed by atoms with Gasteiger partial charge in [0.15, 0.2) is 46.5 Å². The maximum Gasteiger partial charge on any atom is 0.482 e. The summed E-state index contributed by atoms with van der Waals surface area (Å²) in [5, 5.41) is 14.0. The van der Waals surface area contributed by atoms with Gasteiger partial charge in [-0.15, -0.1) is 0 Å². The molecule has 1 radical (unpaired) electrons. The van der Waals surface area contributed by atoms with Crippen molar-refractivity contribution in [2.24, 2.45) is 0 Å². The monoisotopic (exact) mass is 379 g/mol. The number of rotatable bonds is 1. The van der Waals surface area contributed by atoms with E-state index in [9.17, 15) is 43.9 Å². The van der Waals surface area contributed by atoms with Crippen molar-refractivity contribution in [1.29, 1.82) is 0 Å². The Labute approximate surface area is 132 Å². The lowest BCUT2D eigenvalue weighted by atomic mass is 10.0. The minimum absolute atomic E-state index is 0. The first kappa shape index (κ1) is 20.8. The Bertz CT molecular complexity index is 701. The fourth-order valence-electron chi connectivity index (χ4n) is 1.65. The van der Waals surface area contributed by atoms with Crippen molar-refractivity contribution < 1.29 is 54.0 Å². The molecule has 0 atom stereocenters. The molecular formula is C12H2BF10O2. The lowest BCUT2D eigenvalue weighted by molar-refractivity contribution is 0.370. The summed E-state index contributed by atoms with van der Waals surface area (Å²) in [6, 6.07) is 0. The summed E-state index contributed by atoms with van der Waals surface area (Å²) in [4.78, 5) is 0. The molecule has 2 N–H and O–H groups in total. The molecule has 0 bridgehead atoms. The van der Waals surface area contributed by atoms with E-state index < -0.39 is 69.3 Å². The quantitative estimate of drug-likeness (QED) is 0.346. The average molecular weight is 379 g/mol. The smallest absolute Gasteiger partial charge is 0.429 e. The Hall–Kier alpha value is -2.28. The van der Waals surface area contributed by atoms with Crippen LogP contribution in [0.25, 0.3) is 11.1 Å². The van der Waals surface area contributed by atoms with Crippen LogP contribution in [0.1, 0.15) is 0 Å². The molecule has 0 aliphatic carbocycles. The molecule has 2 rings (SSSR count). The van der Waals surface area contributed by atoms with E-state index in [4.69, 9.17) is 10.0 Å². The molecule has 0 aliphatic rings. The van der Waals surface area contributed by atoms with E-state index in [0.29, 0.717) is 0 Å². The van der Waals surface area contributed by atoms with E-state index >= 15 is 0 Å². The third-order valence-corrected chi connectivity index (χ3v) is 2.67. The molecule has 2 aromatic rings. The van der Waals surface area contributed by atoms with Crippen molar-refractivity contribution in [2.45, 2.75) is 0 Å². The van der Waals surface area contributed by atoms with Gasteiger partial charge in [0.2, 0.25) is 11.6 Å². The Balaban J connectivity index is 0.000000970. The summed E-state index contributed by atoms with van der Waals surface area (Å²) in [6.45, 7) is 0. The minimum atomic E-state index is -2.68. The molecule has 135 valence electrons. The predicted molar refractivity (Wildman–Crippen MR) is 61.6 cm³/mol. The molecule has 0 saturated heterocycles. The Morgan fingerprint density at radius 2 is 0.480 bits per heavy atom. The zero-order valence-electron chi connectivity index (χ0n) is 11.3. The zero-order valence-corrected chi connectivity index (χ0v) is 11.3. The van der Waals surface area contributed by atoms with Crippen LogP contribution in [0.2, 0.25) is 0 Å². The fourth-order valence-corrected chi connectivity index (χ4v) is 1.65. The summed E-state index contributed by atoms with van der Waals surface area (Å²) in [6.07, 6.45) is 0. The lowest BCUT2D eigenvalue weighted by Gasteiger charge is -2.11. The minimum Gasteiger partial charge on any atom is -0.429 e. The molecule has 2 aromatic carbocycles. The maximum absolute atomic E-state index is 13.4. The molecule has 25 heavy (non-hydrogen) atoms. The van der Waals surface area contributed by atoms with Gasteiger partial charge in [0.05, 0.1) is 11.1 Å². The normalized spacial score (nSPS) is 10.4. The summed E-state index contributed by atoms with van der Waals surface area (Å²) in [7, 11) is 0. The summed E-state index contributed by atoms with van der Waals surface area (Å²) < 4.78 is 131. The van der Waals surface area contributed by atoms with E-state index in [-0.39, 0.29) is 7.69 Å². The van der Waals surface area contributed by atoms with Gasteiger partial charge in [-0.2, -0.15) is 0 Å². The van der Waals surface area contributed by atoms with Crippen LogP contribution in [0.5, 0.6) is 0 Å². The first-order valence-electron chi connectivity index (χ1n) is 5.66. The number of benzene rings is 2. The van der Waals surface area contributed by atoms with Crippen molar-refractivity contribution in [1.82, 2.24) is 0 Å². The van der Waals surface area contributed by atoms with Gasteiger partial charge in [-0.3, -0.25) is 0 Å². The van der Waals surface area contributed by atoms with Gasteiger partial charge in [0.25, 0.3) is 0 Å². The standard InChI is InChI=1S/C12F10.BH2O2/c13-3-1(4(14)8(18)11(21)7(3)17)2-5(15)9(19)12(22)10(20)6(2)16;2-1-3/h;2-3H. The van der Waals surface area contributed by atoms with Crippen LogP contribution >= 0.6 is 0 Å². The van der Waals surface area contributed by atoms with Crippen LogP contribution in [-0.2, 0) is 0 Å². The van der Waals surface area contributed by atoms with Crippen molar-refractivity contribution in [3.8, 4) is 11.1 Å². The fraction of sp³-hybridized carbons (Fsp3) is 0. The van der Waals surface area contributed by atoms with Crippen molar-refractivity contribution in [3.05, 3.63) is 58.2 Å². The summed E-state index contributed by atoms with van der Waals surface area (Å²) in [5.74, 6) is -26.6. The zero-order chi connectivity index (χ0) is 19.6. The Morgan fingerprint density at radius 3 is 0.640 bits per heavy atom. The lowest BCUT2D eigenvalue weighted by Crippen LogP contribution is -2.10. The predicted octanol–water partition coefficient (Wildman–Crippen LogP) is 3.25. The molecule has 0 aliphatic heterocycles. The van der Waals surface area contributed by atoms with Crippen LogP contribution in [0, 0.1) is 58.2 Å². The second-order valence-corrected chi connectivity index (χ2v) is 4.01. The Morgan fingerprint density at radius 1 is 0.360 bits per heavy atom. The molecule has 0 amide bonds. The van der Waals surface area contributed by atoms with E-state index in [1.165, 1.54) is 0 Å². The largest absolute Gasteiger partial charge is 0.482 e. The Kier molecular flexibility index (Phi) is 6.43. The number of hydrogen-bond acceptors (Lipinski definition) is 2. The topological polar surface area (TPSA) is 40.5 Å². The highest BCUT2D eigenvalue weighted by atomic mass is 19.2. The molecule has 0 fully saturated rings. The highest BCUT2D eigenvalue weighted by molar-refractivity contribution is 6.13. The molecule has 2 nitrogen and oxygen atoms in total. The van der Waals surface area contributed by atoms with Crippen molar-refractivity contribution in [2.75, 3.05) is 0 Å². The SMILES string of the molecule is Fc1c(F)c(F)c(-c2c(F)c(F)c(F)c(F)c2F)c(F)c1F.O[B]O. The van der Waals surface area contributed by atoms with Gasteiger partial charge in [0, 0.05) is 0 Å². The second-order valence-electron chi connectivity index (χ2n) is 4.01. The third kappa shape index (κ3) is 3.42. The summed E-state index contributed by atoms with van der Waals surface area (Å²) in [5.41, 5.74) is -4.52. The highest BCUT2D eigenvalue weighted by Crippen LogP contribution is 2.37. The molecular weight excluding hydrogens is 377 g/mol. The average Bonchev–Trinajstić information content (AvgIpc) is 2.58. The number of hydrogen-bond donors (Lipinski definition) is 2. The van der Waals surface area contributed by atoms with E-state index in [1.807, 2.05) is 0 Å². The van der Waals surface area contributed by atoms with Crippen LogP contribution in [-0.4, -0.2) is 17.7 Å². The van der Waals surface area contributed by atoms with E-state index in [1.54, 1.807) is 0 Å². The van der Waals surface area contributed by atoms with Crippen LogP contribution in [0.4, 0.5) is 43.9 Å². The second kappa shape index (κ2) is 7.74. The first-order chi connectivity index (χ1) is 11.5. The van der Waals surface area contributed by atoms with Gasteiger partial charge in [-0.1, -0.05) is 0 Å². The van der Waals surface area contributed by atoms with E-state index in [2.05, 4.69) is 0 Å².